The first-order valence-electron chi connectivity index (χ1n) is 0.582. The average Bonchev–Trinajstić information content (AvgIpc) is 1.37. The van der Waals surface area contributed by atoms with Crippen LogP contribution in [0.4, 0.5) is 4.53 Å². The van der Waals surface area contributed by atoms with Crippen LogP contribution < -0.4 is 0 Å². The maximum atomic E-state index is 9.98. The van der Waals surface area contributed by atoms with E-state index in [1.165, 1.54) is 0 Å². The van der Waals surface area contributed by atoms with Crippen molar-refractivity contribution in [3.8, 4) is 0 Å². The lowest BCUT2D eigenvalue weighted by atomic mass is 15.6. The number of hydrogen-bond donors (Lipinski definition) is 1. The van der Waals surface area contributed by atoms with Crippen molar-refractivity contribution in [2.45, 2.75) is 0 Å². The summed E-state index contributed by atoms with van der Waals surface area (Å²) in [6.45, 7) is 0. The first-order valence-corrected chi connectivity index (χ1v) is 1.44. The third-order valence-corrected chi connectivity index (χ3v) is 0.104. The fraction of sp³-hybridized carbons (Fsp3) is 0. The Bertz CT molecular complexity index is 8.00. The molecule has 0 aromatic carbocycles. The van der Waals surface area contributed by atoms with Crippen molar-refractivity contribution in [1.29, 1.82) is 0 Å². The third kappa shape index (κ3) is 2.28. The fourth-order valence-corrected chi connectivity index (χ4v) is 0. The van der Waals surface area contributed by atoms with Crippen molar-refractivity contribution in [3.05, 3.63) is 0 Å². The van der Waals surface area contributed by atoms with Gasteiger partial charge in [-0.3, -0.25) is 0 Å². The van der Waals surface area contributed by atoms with Gasteiger partial charge in [0.1, 0.15) is 0 Å². The molecule has 4 heteroatoms. The minimum Gasteiger partial charge on any atom is -0.350 e. The zero-order chi connectivity index (χ0) is 3.41. The first-order chi connectivity index (χ1) is 1.91. The van der Waals surface area contributed by atoms with E-state index in [4.69, 9.17) is 4.89 Å². The second-order valence-corrected chi connectivity index (χ2v) is 0.505. The monoisotopic (exact) mass is 84.0 g/mol. The van der Waals surface area contributed by atoms with Crippen LogP contribution in [0.3, 0.4) is 0 Å². The molecule has 1 N–H and O–H groups in total. The molecule has 0 fully saturated rings. The molecule has 0 aromatic heterocycles. The Kier molecular flexibility index (Phi) is 3.51. The predicted molar refractivity (Wildman–Crippen MR) is 12.7 cm³/mol. The van der Waals surface area contributed by atoms with Gasteiger partial charge in [0.25, 0.3) is 0 Å². The summed E-state index contributed by atoms with van der Waals surface area (Å²) in [7, 11) is -1.03. The molecule has 0 aromatic rings. The van der Waals surface area contributed by atoms with Gasteiger partial charge in [-0.1, -0.05) is 0 Å². The van der Waals surface area contributed by atoms with Gasteiger partial charge in [0.2, 0.25) is 0 Å². The summed E-state index contributed by atoms with van der Waals surface area (Å²) in [4.78, 5) is 7.31. The molecule has 1 unspecified atom stereocenters. The molecule has 0 aliphatic rings. The Hall–Kier alpha value is 0.280. The van der Waals surface area contributed by atoms with E-state index in [0.29, 0.717) is 0 Å². The lowest BCUT2D eigenvalue weighted by Crippen LogP contribution is -1.38. The van der Waals surface area contributed by atoms with Crippen LogP contribution in [0.2, 0.25) is 0 Å². The molecule has 2 nitrogen and oxygen atoms in total. The van der Waals surface area contributed by atoms with Gasteiger partial charge < -0.3 is 4.89 Å². The number of hydrogen-bond acceptors (Lipinski definition) is 2. The van der Waals surface area contributed by atoms with Gasteiger partial charge in [-0.15, -0.1) is 4.73 Å². The van der Waals surface area contributed by atoms with Crippen LogP contribution in [0.1, 0.15) is 0 Å². The van der Waals surface area contributed by atoms with Crippen molar-refractivity contribution in [3.63, 3.8) is 0 Å². The third-order valence-electron chi connectivity index (χ3n) is 0.0345. The minimum atomic E-state index is -1.03. The summed E-state index contributed by atoms with van der Waals surface area (Å²) in [6.07, 6.45) is 0. The molecular weight excluding hydrogens is 82.0 g/mol. The standard InChI is InChI=1S/FH2O2P/c1-3-4-2/h2,4H. The minimum absolute atomic E-state index is 1.03. The highest BCUT2D eigenvalue weighted by Crippen LogP contribution is 2.00. The molecule has 0 aliphatic carbocycles. The molecule has 0 saturated carbocycles. The summed E-state index contributed by atoms with van der Waals surface area (Å²) < 4.78 is 12.6. The topological polar surface area (TPSA) is 29.5 Å². The quantitative estimate of drug-likeness (QED) is 0.465. The van der Waals surface area contributed by atoms with Gasteiger partial charge in [-0.25, -0.2) is 0 Å². The molecule has 0 rings (SSSR count). The Balaban J connectivity index is 1.97. The van der Waals surface area contributed by atoms with Crippen LogP contribution in [0.5, 0.6) is 0 Å². The van der Waals surface area contributed by atoms with E-state index >= 15 is 0 Å². The summed E-state index contributed by atoms with van der Waals surface area (Å²) in [5.41, 5.74) is 0. The van der Waals surface area contributed by atoms with E-state index in [1.807, 2.05) is 0 Å². The fourth-order valence-electron chi connectivity index (χ4n) is 0. The summed E-state index contributed by atoms with van der Waals surface area (Å²) in [6, 6.07) is 0. The SMILES string of the molecule is OPOF. The summed E-state index contributed by atoms with van der Waals surface area (Å²) in [5, 5.41) is 0. The van der Waals surface area contributed by atoms with E-state index in [2.05, 4.69) is 4.73 Å². The van der Waals surface area contributed by atoms with E-state index < -0.39 is 9.03 Å². The van der Waals surface area contributed by atoms with Gasteiger partial charge in [-0.2, -0.15) is 0 Å². The first kappa shape index (κ1) is 4.28. The lowest BCUT2D eigenvalue weighted by Gasteiger charge is -1.67. The second kappa shape index (κ2) is 3.28. The molecule has 0 radical (unpaired) electrons. The van der Waals surface area contributed by atoms with Crippen molar-refractivity contribution >= 4 is 9.03 Å². The van der Waals surface area contributed by atoms with Crippen molar-refractivity contribution in [2.75, 3.05) is 0 Å². The maximum absolute atomic E-state index is 9.98. The lowest BCUT2D eigenvalue weighted by molar-refractivity contribution is 0.00400. The van der Waals surface area contributed by atoms with Gasteiger partial charge in [0, 0.05) is 0 Å². The number of halogens is 1. The highest BCUT2D eigenvalue weighted by Gasteiger charge is 1.60. The van der Waals surface area contributed by atoms with Crippen LogP contribution in [-0.4, -0.2) is 4.89 Å². The molecule has 0 saturated heterocycles. The van der Waals surface area contributed by atoms with E-state index in [1.54, 1.807) is 0 Å². The Morgan fingerprint density at radius 1 is 2.00 bits per heavy atom. The van der Waals surface area contributed by atoms with Gasteiger partial charge in [0.05, 0.1) is 0 Å². The van der Waals surface area contributed by atoms with E-state index in [9.17, 15) is 4.53 Å². The van der Waals surface area contributed by atoms with E-state index in [-0.39, 0.29) is 0 Å². The smallest absolute Gasteiger partial charge is 0.198 e. The zero-order valence-electron chi connectivity index (χ0n) is 1.73. The Labute approximate surface area is 24.4 Å². The Morgan fingerprint density at radius 3 is 2.25 bits per heavy atom. The van der Waals surface area contributed by atoms with Crippen LogP contribution in [0, 0.1) is 0 Å². The van der Waals surface area contributed by atoms with Crippen molar-refractivity contribution in [2.24, 2.45) is 0 Å². The maximum Gasteiger partial charge on any atom is 0.198 e. The molecule has 0 bridgehead atoms. The number of rotatable bonds is 1. The highest BCUT2D eigenvalue weighted by atomic mass is 31.1. The molecular formula is H2FO2P. The molecule has 26 valence electrons. The van der Waals surface area contributed by atoms with Gasteiger partial charge >= 0.3 is 0 Å². The van der Waals surface area contributed by atoms with Crippen LogP contribution in [0.25, 0.3) is 0 Å². The zero-order valence-corrected chi connectivity index (χ0v) is 2.73. The second-order valence-electron chi connectivity index (χ2n) is 0.168. The molecule has 0 aliphatic heterocycles. The highest BCUT2D eigenvalue weighted by molar-refractivity contribution is 7.24. The Morgan fingerprint density at radius 2 is 2.25 bits per heavy atom. The molecule has 0 spiro atoms. The van der Waals surface area contributed by atoms with Gasteiger partial charge in [0.15, 0.2) is 9.03 Å². The van der Waals surface area contributed by atoms with Crippen LogP contribution in [-0.2, 0) is 4.73 Å². The predicted octanol–water partition coefficient (Wildman–Crippen LogP) is 0.388. The van der Waals surface area contributed by atoms with Crippen molar-refractivity contribution < 1.29 is 14.1 Å². The van der Waals surface area contributed by atoms with Crippen LogP contribution in [0.15, 0.2) is 0 Å². The molecule has 0 heterocycles. The largest absolute Gasteiger partial charge is 0.350 e. The summed E-state index contributed by atoms with van der Waals surface area (Å²) >= 11 is 0. The van der Waals surface area contributed by atoms with Crippen molar-refractivity contribution in [1.82, 2.24) is 0 Å². The molecule has 4 heavy (non-hydrogen) atoms. The molecule has 1 atom stereocenters. The van der Waals surface area contributed by atoms with Gasteiger partial charge in [-0.05, 0) is 4.53 Å². The normalized spacial score (nSPS) is 10.5. The summed E-state index contributed by atoms with van der Waals surface area (Å²) in [5.74, 6) is 0. The molecule has 0 amide bonds. The average molecular weight is 84.0 g/mol. The van der Waals surface area contributed by atoms with Crippen LogP contribution >= 0.6 is 9.03 Å². The van der Waals surface area contributed by atoms with E-state index in [0.717, 1.165) is 0 Å².